The van der Waals surface area contributed by atoms with Gasteiger partial charge < -0.3 is 5.11 Å². The molecule has 0 spiro atoms. The zero-order valence-corrected chi connectivity index (χ0v) is 21.1. The molecule has 13 heteroatoms. The van der Waals surface area contributed by atoms with Crippen LogP contribution in [0.25, 0.3) is 10.8 Å². The first-order valence-corrected chi connectivity index (χ1v) is 13.5. The summed E-state index contributed by atoms with van der Waals surface area (Å²) in [7, 11) is -9.53. The SMILES string of the molecule is Cc1cc(O)ccc1N=Nc1ccc(N=Nc2ccc3cc(S(=O)(=O)O)cc(S(=O)(=O)O)c3c2)c(C)c1. The van der Waals surface area contributed by atoms with Crippen molar-refractivity contribution in [1.82, 2.24) is 0 Å². The van der Waals surface area contributed by atoms with Gasteiger partial charge in [0.05, 0.1) is 27.6 Å². The Morgan fingerprint density at radius 1 is 0.622 bits per heavy atom. The minimum atomic E-state index is -4.82. The minimum absolute atomic E-state index is 0.00311. The van der Waals surface area contributed by atoms with Crippen LogP contribution < -0.4 is 0 Å². The summed E-state index contributed by atoms with van der Waals surface area (Å²) in [4.78, 5) is -1.36. The number of aryl methyl sites for hydroxylation is 2. The molecular weight excluding hydrogens is 520 g/mol. The lowest BCUT2D eigenvalue weighted by molar-refractivity contribution is 0.474. The van der Waals surface area contributed by atoms with Gasteiger partial charge in [0.25, 0.3) is 20.2 Å². The van der Waals surface area contributed by atoms with Crippen molar-refractivity contribution in [3.63, 3.8) is 0 Å². The molecule has 0 aliphatic carbocycles. The lowest BCUT2D eigenvalue weighted by Gasteiger charge is -2.07. The van der Waals surface area contributed by atoms with Gasteiger partial charge in [0.1, 0.15) is 10.6 Å². The molecule has 0 bridgehead atoms. The molecule has 37 heavy (non-hydrogen) atoms. The second kappa shape index (κ2) is 9.78. The Bertz CT molecular complexity index is 1820. The topological polar surface area (TPSA) is 178 Å². The average molecular weight is 541 g/mol. The van der Waals surface area contributed by atoms with Gasteiger partial charge in [-0.05, 0) is 91.0 Å². The smallest absolute Gasteiger partial charge is 0.295 e. The van der Waals surface area contributed by atoms with Gasteiger partial charge in [0.2, 0.25) is 0 Å². The van der Waals surface area contributed by atoms with Crippen LogP contribution in [-0.4, -0.2) is 31.0 Å². The Morgan fingerprint density at radius 3 is 1.76 bits per heavy atom. The Kier molecular flexibility index (Phi) is 6.88. The van der Waals surface area contributed by atoms with Crippen LogP contribution in [0.5, 0.6) is 5.75 Å². The fourth-order valence-corrected chi connectivity index (χ4v) is 4.85. The van der Waals surface area contributed by atoms with E-state index in [9.17, 15) is 31.0 Å². The number of azo groups is 2. The lowest BCUT2D eigenvalue weighted by Crippen LogP contribution is -2.04. The van der Waals surface area contributed by atoms with Gasteiger partial charge in [-0.3, -0.25) is 9.11 Å². The van der Waals surface area contributed by atoms with E-state index in [1.165, 1.54) is 24.3 Å². The first-order chi connectivity index (χ1) is 17.3. The molecule has 0 unspecified atom stereocenters. The molecule has 0 saturated heterocycles. The molecule has 4 aromatic rings. The van der Waals surface area contributed by atoms with Crippen molar-refractivity contribution >= 4 is 53.8 Å². The molecule has 11 nitrogen and oxygen atoms in total. The highest BCUT2D eigenvalue weighted by atomic mass is 32.2. The summed E-state index contributed by atoms with van der Waals surface area (Å²) in [6, 6.07) is 15.8. The number of nitrogens with zero attached hydrogens (tertiary/aromatic N) is 4. The van der Waals surface area contributed by atoms with E-state index in [0.717, 1.165) is 17.2 Å². The zero-order valence-electron chi connectivity index (χ0n) is 19.4. The lowest BCUT2D eigenvalue weighted by atomic mass is 10.1. The van der Waals surface area contributed by atoms with Crippen LogP contribution in [0.15, 0.2) is 97.0 Å². The Morgan fingerprint density at radius 2 is 1.19 bits per heavy atom. The number of hydrogen-bond acceptors (Lipinski definition) is 9. The van der Waals surface area contributed by atoms with Crippen molar-refractivity contribution in [3.05, 3.63) is 77.9 Å². The number of phenolic OH excluding ortho intramolecular Hbond substituents is 1. The normalized spacial score (nSPS) is 12.6. The summed E-state index contributed by atoms with van der Waals surface area (Å²) >= 11 is 0. The molecule has 4 rings (SSSR count). The molecule has 0 aliphatic rings. The quantitative estimate of drug-likeness (QED) is 0.185. The zero-order chi connectivity index (χ0) is 27.0. The summed E-state index contributed by atoms with van der Waals surface area (Å²) in [5.41, 5.74) is 3.44. The Labute approximate surface area is 212 Å². The summed E-state index contributed by atoms with van der Waals surface area (Å²) in [6.07, 6.45) is 0. The van der Waals surface area contributed by atoms with Crippen LogP contribution in [-0.2, 0) is 20.2 Å². The second-order valence-electron chi connectivity index (χ2n) is 8.12. The maximum Gasteiger partial charge on any atom is 0.295 e. The van der Waals surface area contributed by atoms with Gasteiger partial charge in [-0.25, -0.2) is 0 Å². The van der Waals surface area contributed by atoms with Gasteiger partial charge in [0.15, 0.2) is 0 Å². The maximum atomic E-state index is 11.9. The molecule has 0 saturated carbocycles. The summed E-state index contributed by atoms with van der Waals surface area (Å²) < 4.78 is 65.6. The van der Waals surface area contributed by atoms with Gasteiger partial charge >= 0.3 is 0 Å². The molecule has 0 heterocycles. The Hall–Kier alpha value is -4.04. The summed E-state index contributed by atoms with van der Waals surface area (Å²) in [6.45, 7) is 3.61. The van der Waals surface area contributed by atoms with Crippen LogP contribution in [0.3, 0.4) is 0 Å². The van der Waals surface area contributed by atoms with Gasteiger partial charge in [0, 0.05) is 5.39 Å². The second-order valence-corrected chi connectivity index (χ2v) is 10.9. The van der Waals surface area contributed by atoms with Crippen LogP contribution in [0.2, 0.25) is 0 Å². The van der Waals surface area contributed by atoms with E-state index in [1.807, 2.05) is 6.92 Å². The number of rotatable bonds is 6. The molecule has 4 aromatic carbocycles. The minimum Gasteiger partial charge on any atom is -0.508 e. The highest BCUT2D eigenvalue weighted by Crippen LogP contribution is 2.32. The van der Waals surface area contributed by atoms with E-state index in [-0.39, 0.29) is 22.2 Å². The van der Waals surface area contributed by atoms with Crippen molar-refractivity contribution < 1.29 is 31.0 Å². The highest BCUT2D eigenvalue weighted by Gasteiger charge is 2.20. The first-order valence-electron chi connectivity index (χ1n) is 10.6. The largest absolute Gasteiger partial charge is 0.508 e. The van der Waals surface area contributed by atoms with Crippen molar-refractivity contribution in [2.75, 3.05) is 0 Å². The predicted octanol–water partition coefficient (Wildman–Crippen LogP) is 6.49. The fourth-order valence-electron chi connectivity index (χ4n) is 3.50. The third-order valence-electron chi connectivity index (χ3n) is 5.36. The van der Waals surface area contributed by atoms with Crippen LogP contribution in [0.1, 0.15) is 11.1 Å². The monoisotopic (exact) mass is 540 g/mol. The maximum absolute atomic E-state index is 11.9. The fraction of sp³-hybridized carbons (Fsp3) is 0.0833. The number of hydrogen-bond donors (Lipinski definition) is 3. The van der Waals surface area contributed by atoms with Crippen LogP contribution >= 0.6 is 0 Å². The van der Waals surface area contributed by atoms with Crippen LogP contribution in [0.4, 0.5) is 22.7 Å². The van der Waals surface area contributed by atoms with Crippen molar-refractivity contribution in [3.8, 4) is 5.75 Å². The first kappa shape index (κ1) is 26.0. The molecule has 0 radical (unpaired) electrons. The molecule has 3 N–H and O–H groups in total. The Balaban J connectivity index is 1.64. The standard InChI is InChI=1S/C24H20N4O7S2/c1-14-9-17(25-28-23-8-6-19(29)10-15(23)2)5-7-22(14)27-26-18-4-3-16-11-20(36(30,31)32)13-24(21(16)12-18)37(33,34)35/h3-13,29H,1-2H3,(H,30,31,32)(H,33,34,35). The van der Waals surface area contributed by atoms with E-state index in [4.69, 9.17) is 0 Å². The van der Waals surface area contributed by atoms with E-state index in [2.05, 4.69) is 20.5 Å². The third-order valence-corrected chi connectivity index (χ3v) is 7.08. The molecule has 0 aromatic heterocycles. The van der Waals surface area contributed by atoms with Crippen molar-refractivity contribution in [1.29, 1.82) is 0 Å². The van der Waals surface area contributed by atoms with Gasteiger partial charge in [-0.1, -0.05) is 6.07 Å². The number of fused-ring (bicyclic) bond motifs is 1. The van der Waals surface area contributed by atoms with Crippen molar-refractivity contribution in [2.24, 2.45) is 20.5 Å². The molecule has 190 valence electrons. The molecular formula is C24H20N4O7S2. The average Bonchev–Trinajstić information content (AvgIpc) is 2.81. The van der Waals surface area contributed by atoms with E-state index < -0.39 is 30.0 Å². The molecule has 0 atom stereocenters. The number of benzene rings is 4. The molecule has 0 aliphatic heterocycles. The van der Waals surface area contributed by atoms with Crippen LogP contribution in [0, 0.1) is 13.8 Å². The van der Waals surface area contributed by atoms with E-state index in [0.29, 0.717) is 23.1 Å². The van der Waals surface area contributed by atoms with Crippen molar-refractivity contribution in [2.45, 2.75) is 23.6 Å². The van der Waals surface area contributed by atoms with E-state index in [1.54, 1.807) is 37.3 Å². The van der Waals surface area contributed by atoms with E-state index >= 15 is 0 Å². The van der Waals surface area contributed by atoms with Gasteiger partial charge in [-0.15, -0.1) is 0 Å². The molecule has 0 fully saturated rings. The summed E-state index contributed by atoms with van der Waals surface area (Å²) in [5.74, 6) is 0.144. The predicted molar refractivity (Wildman–Crippen MR) is 136 cm³/mol. The molecule has 0 amide bonds. The summed E-state index contributed by atoms with van der Waals surface area (Å²) in [5, 5.41) is 26.4. The third kappa shape index (κ3) is 6.03. The van der Waals surface area contributed by atoms with Gasteiger partial charge in [-0.2, -0.15) is 37.3 Å². The number of phenols is 1. The highest BCUT2D eigenvalue weighted by molar-refractivity contribution is 7.86. The number of aromatic hydroxyl groups is 1.